The summed E-state index contributed by atoms with van der Waals surface area (Å²) < 4.78 is 5.35. The summed E-state index contributed by atoms with van der Waals surface area (Å²) in [5, 5.41) is 3.30. The number of ether oxygens (including phenoxy) is 1. The van der Waals surface area contributed by atoms with Gasteiger partial charge in [-0.1, -0.05) is 18.2 Å². The van der Waals surface area contributed by atoms with Crippen molar-refractivity contribution in [2.24, 2.45) is 5.92 Å². The molecule has 0 unspecified atom stereocenters. The summed E-state index contributed by atoms with van der Waals surface area (Å²) in [7, 11) is 3.90. The first-order valence-electron chi connectivity index (χ1n) is 5.80. The topological polar surface area (TPSA) is 24.5 Å². The van der Waals surface area contributed by atoms with Crippen molar-refractivity contribution in [2.45, 2.75) is 6.54 Å². The Bertz CT molecular complexity index is 336. The fourth-order valence-electron chi connectivity index (χ4n) is 2.11. The Hall–Kier alpha value is -1.06. The van der Waals surface area contributed by atoms with Crippen LogP contribution in [0.3, 0.4) is 0 Å². The van der Waals surface area contributed by atoms with Crippen molar-refractivity contribution in [3.63, 3.8) is 0 Å². The first kappa shape index (κ1) is 11.4. The molecule has 88 valence electrons. The van der Waals surface area contributed by atoms with E-state index in [9.17, 15) is 0 Å². The van der Waals surface area contributed by atoms with E-state index in [4.69, 9.17) is 4.74 Å². The number of methoxy groups -OCH3 is 1. The first-order valence-corrected chi connectivity index (χ1v) is 5.80. The lowest BCUT2D eigenvalue weighted by atomic mass is 10.0. The van der Waals surface area contributed by atoms with Crippen molar-refractivity contribution >= 4 is 0 Å². The van der Waals surface area contributed by atoms with Crippen LogP contribution in [0.4, 0.5) is 0 Å². The van der Waals surface area contributed by atoms with Crippen LogP contribution in [-0.4, -0.2) is 38.7 Å². The van der Waals surface area contributed by atoms with Gasteiger partial charge < -0.3 is 15.0 Å². The molecule has 3 heteroatoms. The highest BCUT2D eigenvalue weighted by Crippen LogP contribution is 2.19. The van der Waals surface area contributed by atoms with Crippen LogP contribution in [0.1, 0.15) is 5.56 Å². The number of rotatable bonds is 5. The molecule has 0 amide bonds. The number of benzene rings is 1. The van der Waals surface area contributed by atoms with Gasteiger partial charge in [0.2, 0.25) is 0 Å². The third kappa shape index (κ3) is 2.74. The Balaban J connectivity index is 1.91. The molecule has 1 aliphatic rings. The minimum absolute atomic E-state index is 0.819. The lowest BCUT2D eigenvalue weighted by Crippen LogP contribution is -2.47. The molecule has 0 atom stereocenters. The molecule has 1 aromatic rings. The van der Waals surface area contributed by atoms with E-state index in [1.807, 2.05) is 12.1 Å². The second kappa shape index (κ2) is 5.32. The van der Waals surface area contributed by atoms with Gasteiger partial charge in [0.15, 0.2) is 0 Å². The second-order valence-corrected chi connectivity index (χ2v) is 4.53. The number of nitrogens with one attached hydrogen (secondary N) is 1. The van der Waals surface area contributed by atoms with E-state index in [2.05, 4.69) is 29.4 Å². The SMILES string of the molecule is COc1ccccc1CN(C)CC1CNC1. The highest BCUT2D eigenvalue weighted by molar-refractivity contribution is 5.32. The maximum absolute atomic E-state index is 5.35. The van der Waals surface area contributed by atoms with E-state index in [0.29, 0.717) is 0 Å². The first-order chi connectivity index (χ1) is 7.79. The average molecular weight is 220 g/mol. The fraction of sp³-hybridized carbons (Fsp3) is 0.538. The quantitative estimate of drug-likeness (QED) is 0.810. The van der Waals surface area contributed by atoms with Gasteiger partial charge in [0, 0.05) is 31.7 Å². The summed E-state index contributed by atoms with van der Waals surface area (Å²) in [6.45, 7) is 4.44. The van der Waals surface area contributed by atoms with Gasteiger partial charge in [-0.05, 0) is 19.0 Å². The zero-order valence-corrected chi connectivity index (χ0v) is 10.1. The van der Waals surface area contributed by atoms with Crippen LogP contribution in [0.2, 0.25) is 0 Å². The lowest BCUT2D eigenvalue weighted by Gasteiger charge is -2.31. The third-order valence-corrected chi connectivity index (χ3v) is 3.07. The summed E-state index contributed by atoms with van der Waals surface area (Å²) >= 11 is 0. The molecule has 1 fully saturated rings. The molecular formula is C13H20N2O. The van der Waals surface area contributed by atoms with Crippen LogP contribution in [0.5, 0.6) is 5.75 Å². The van der Waals surface area contributed by atoms with E-state index >= 15 is 0 Å². The third-order valence-electron chi connectivity index (χ3n) is 3.07. The van der Waals surface area contributed by atoms with E-state index in [1.165, 1.54) is 5.56 Å². The second-order valence-electron chi connectivity index (χ2n) is 4.53. The molecule has 0 saturated carbocycles. The number of hydrogen-bond acceptors (Lipinski definition) is 3. The van der Waals surface area contributed by atoms with Gasteiger partial charge in [-0.2, -0.15) is 0 Å². The molecule has 0 aromatic heterocycles. The highest BCUT2D eigenvalue weighted by Gasteiger charge is 2.18. The Labute approximate surface area is 97.4 Å². The normalized spacial score (nSPS) is 16.2. The molecular weight excluding hydrogens is 200 g/mol. The molecule has 3 nitrogen and oxygen atoms in total. The summed E-state index contributed by atoms with van der Waals surface area (Å²) in [4.78, 5) is 2.36. The molecule has 0 spiro atoms. The summed E-state index contributed by atoms with van der Waals surface area (Å²) in [6, 6.07) is 8.23. The van der Waals surface area contributed by atoms with Crippen molar-refractivity contribution in [3.05, 3.63) is 29.8 Å². The van der Waals surface area contributed by atoms with Crippen LogP contribution in [0.15, 0.2) is 24.3 Å². The molecule has 16 heavy (non-hydrogen) atoms. The smallest absolute Gasteiger partial charge is 0.123 e. The molecule has 0 bridgehead atoms. The standard InChI is InChI=1S/C13H20N2O/c1-15(9-11-7-14-8-11)10-12-5-3-4-6-13(12)16-2/h3-6,11,14H,7-10H2,1-2H3. The fourth-order valence-corrected chi connectivity index (χ4v) is 2.11. The number of nitrogens with zero attached hydrogens (tertiary/aromatic N) is 1. The summed E-state index contributed by atoms with van der Waals surface area (Å²) in [5.41, 5.74) is 1.26. The Morgan fingerprint density at radius 2 is 2.12 bits per heavy atom. The van der Waals surface area contributed by atoms with Crippen LogP contribution >= 0.6 is 0 Å². The van der Waals surface area contributed by atoms with Crippen molar-refractivity contribution in [3.8, 4) is 5.75 Å². The minimum Gasteiger partial charge on any atom is -0.496 e. The van der Waals surface area contributed by atoms with E-state index in [1.54, 1.807) is 7.11 Å². The van der Waals surface area contributed by atoms with E-state index < -0.39 is 0 Å². The molecule has 1 heterocycles. The zero-order valence-electron chi connectivity index (χ0n) is 10.1. The summed E-state index contributed by atoms with van der Waals surface area (Å²) in [5.74, 6) is 1.81. The van der Waals surface area contributed by atoms with Gasteiger partial charge in [0.1, 0.15) is 5.75 Å². The average Bonchev–Trinajstić information content (AvgIpc) is 2.24. The maximum Gasteiger partial charge on any atom is 0.123 e. The van der Waals surface area contributed by atoms with Gasteiger partial charge >= 0.3 is 0 Å². The van der Waals surface area contributed by atoms with Crippen molar-refractivity contribution in [1.29, 1.82) is 0 Å². The van der Waals surface area contributed by atoms with Crippen molar-refractivity contribution in [2.75, 3.05) is 33.8 Å². The monoisotopic (exact) mass is 220 g/mol. The van der Waals surface area contributed by atoms with Crippen LogP contribution in [-0.2, 0) is 6.54 Å². The number of hydrogen-bond donors (Lipinski definition) is 1. The van der Waals surface area contributed by atoms with Gasteiger partial charge in [0.25, 0.3) is 0 Å². The molecule has 1 N–H and O–H groups in total. The molecule has 0 radical (unpaired) electrons. The van der Waals surface area contributed by atoms with Crippen molar-refractivity contribution < 1.29 is 4.74 Å². The Kier molecular flexibility index (Phi) is 3.80. The van der Waals surface area contributed by atoms with Gasteiger partial charge in [-0.15, -0.1) is 0 Å². The predicted octanol–water partition coefficient (Wildman–Crippen LogP) is 1.35. The predicted molar refractivity (Wildman–Crippen MR) is 65.7 cm³/mol. The molecule has 2 rings (SSSR count). The molecule has 1 aromatic carbocycles. The van der Waals surface area contributed by atoms with E-state index in [-0.39, 0.29) is 0 Å². The zero-order chi connectivity index (χ0) is 11.4. The highest BCUT2D eigenvalue weighted by atomic mass is 16.5. The molecule has 0 aliphatic carbocycles. The number of para-hydroxylation sites is 1. The minimum atomic E-state index is 0.819. The summed E-state index contributed by atoms with van der Waals surface area (Å²) in [6.07, 6.45) is 0. The van der Waals surface area contributed by atoms with Crippen LogP contribution in [0, 0.1) is 5.92 Å². The molecule has 1 aliphatic heterocycles. The van der Waals surface area contributed by atoms with Gasteiger partial charge in [0.05, 0.1) is 7.11 Å². The van der Waals surface area contributed by atoms with Crippen molar-refractivity contribution in [1.82, 2.24) is 10.2 Å². The van der Waals surface area contributed by atoms with Crippen LogP contribution in [0.25, 0.3) is 0 Å². The Morgan fingerprint density at radius 1 is 1.38 bits per heavy atom. The van der Waals surface area contributed by atoms with E-state index in [0.717, 1.165) is 37.8 Å². The largest absolute Gasteiger partial charge is 0.496 e. The van der Waals surface area contributed by atoms with Gasteiger partial charge in [-0.25, -0.2) is 0 Å². The van der Waals surface area contributed by atoms with Crippen LogP contribution < -0.4 is 10.1 Å². The Morgan fingerprint density at radius 3 is 2.75 bits per heavy atom. The van der Waals surface area contributed by atoms with Gasteiger partial charge in [-0.3, -0.25) is 0 Å². The lowest BCUT2D eigenvalue weighted by molar-refractivity contribution is 0.217. The molecule has 1 saturated heterocycles. The maximum atomic E-state index is 5.35.